The Hall–Kier alpha value is 0.515. The van der Waals surface area contributed by atoms with Crippen molar-refractivity contribution in [2.24, 2.45) is 0 Å². The van der Waals surface area contributed by atoms with Crippen LogP contribution in [0.5, 0.6) is 0 Å². The molecule has 0 spiro atoms. The van der Waals surface area contributed by atoms with Gasteiger partial charge >= 0.3 is 0 Å². The summed E-state index contributed by atoms with van der Waals surface area (Å²) in [6.07, 6.45) is 0.661. The highest BCUT2D eigenvalue weighted by Gasteiger charge is 2.44. The van der Waals surface area contributed by atoms with E-state index in [0.717, 1.165) is 0 Å². The zero-order chi connectivity index (χ0) is 16.3. The molecule has 1 aliphatic heterocycles. The lowest BCUT2D eigenvalue weighted by Crippen LogP contribution is -2.37. The lowest BCUT2D eigenvalue weighted by atomic mass is 9.91. The third-order valence-electron chi connectivity index (χ3n) is 3.73. The van der Waals surface area contributed by atoms with E-state index in [2.05, 4.69) is 0 Å². The van der Waals surface area contributed by atoms with Crippen LogP contribution in [-0.2, 0) is 25.8 Å². The zero-order valence-corrected chi connectivity index (χ0v) is 15.3. The second kappa shape index (κ2) is 7.87. The average Bonchev–Trinajstić information content (AvgIpc) is 2.62. The summed E-state index contributed by atoms with van der Waals surface area (Å²) in [5.74, 6) is 0. The van der Waals surface area contributed by atoms with E-state index in [0.29, 0.717) is 26.1 Å². The van der Waals surface area contributed by atoms with E-state index < -0.39 is 18.2 Å². The van der Waals surface area contributed by atoms with Crippen molar-refractivity contribution in [1.82, 2.24) is 0 Å². The molecule has 0 radical (unpaired) electrons. The SMILES string of the molecule is B[C@@H]1O[C@](CCOP(O)(=S)C(C)C)(COC(C)C)C[C@H]1O. The van der Waals surface area contributed by atoms with Crippen molar-refractivity contribution >= 4 is 26.1 Å². The normalized spacial score (nSPS) is 32.8. The van der Waals surface area contributed by atoms with Crippen LogP contribution in [0.25, 0.3) is 0 Å². The molecule has 1 aliphatic rings. The van der Waals surface area contributed by atoms with Crippen LogP contribution in [0.2, 0.25) is 0 Å². The summed E-state index contributed by atoms with van der Waals surface area (Å²) in [6, 6.07) is -0.219. The molecule has 1 fully saturated rings. The Morgan fingerprint density at radius 2 is 2.05 bits per heavy atom. The van der Waals surface area contributed by atoms with Gasteiger partial charge in [0.05, 0.1) is 37.0 Å². The van der Waals surface area contributed by atoms with E-state index in [1.165, 1.54) is 0 Å². The molecule has 1 unspecified atom stereocenters. The number of hydrogen-bond donors (Lipinski definition) is 2. The fourth-order valence-electron chi connectivity index (χ4n) is 2.22. The summed E-state index contributed by atoms with van der Waals surface area (Å²) in [4.78, 5) is 10.1. The molecule has 0 aliphatic carbocycles. The van der Waals surface area contributed by atoms with Crippen molar-refractivity contribution in [3.05, 3.63) is 0 Å². The van der Waals surface area contributed by atoms with Crippen molar-refractivity contribution in [2.45, 2.75) is 70.0 Å². The lowest BCUT2D eigenvalue weighted by molar-refractivity contribution is -0.0959. The van der Waals surface area contributed by atoms with E-state index in [1.807, 2.05) is 35.5 Å². The van der Waals surface area contributed by atoms with Crippen molar-refractivity contribution in [3.63, 3.8) is 0 Å². The van der Waals surface area contributed by atoms with Crippen LogP contribution in [-0.4, -0.2) is 60.5 Å². The maximum atomic E-state index is 10.1. The third kappa shape index (κ3) is 5.90. The number of ether oxygens (including phenoxy) is 2. The Labute approximate surface area is 133 Å². The van der Waals surface area contributed by atoms with Crippen LogP contribution < -0.4 is 0 Å². The van der Waals surface area contributed by atoms with Gasteiger partial charge in [0.25, 0.3) is 0 Å². The summed E-state index contributed by atoms with van der Waals surface area (Å²) in [7, 11) is 1.85. The molecule has 0 aromatic heterocycles. The van der Waals surface area contributed by atoms with E-state index >= 15 is 0 Å². The molecule has 124 valence electrons. The Morgan fingerprint density at radius 1 is 1.43 bits per heavy atom. The molecule has 1 saturated heterocycles. The first kappa shape index (κ1) is 19.6. The first-order chi connectivity index (χ1) is 9.58. The summed E-state index contributed by atoms with van der Waals surface area (Å²) in [5.41, 5.74) is -0.625. The van der Waals surface area contributed by atoms with E-state index in [9.17, 15) is 10.00 Å². The van der Waals surface area contributed by atoms with Crippen molar-refractivity contribution in [3.8, 4) is 0 Å². The maximum absolute atomic E-state index is 10.1. The average molecular weight is 338 g/mol. The second-order valence-corrected chi connectivity index (χ2v) is 10.4. The number of aliphatic hydroxyl groups is 1. The van der Waals surface area contributed by atoms with Crippen LogP contribution in [0.15, 0.2) is 0 Å². The quantitative estimate of drug-likeness (QED) is 0.509. The van der Waals surface area contributed by atoms with Gasteiger partial charge in [0, 0.05) is 18.5 Å². The first-order valence-electron chi connectivity index (χ1n) is 7.52. The topological polar surface area (TPSA) is 68.2 Å². The second-order valence-electron chi connectivity index (χ2n) is 6.38. The van der Waals surface area contributed by atoms with Crippen LogP contribution in [0, 0.1) is 0 Å². The molecule has 0 saturated carbocycles. The summed E-state index contributed by atoms with van der Waals surface area (Å²) < 4.78 is 17.1. The Kier molecular flexibility index (Phi) is 7.33. The molecule has 1 rings (SSSR count). The van der Waals surface area contributed by atoms with Crippen LogP contribution in [0.4, 0.5) is 0 Å². The fraction of sp³-hybridized carbons (Fsp3) is 1.00. The van der Waals surface area contributed by atoms with Gasteiger partial charge < -0.3 is 24.0 Å². The summed E-state index contributed by atoms with van der Waals surface area (Å²) >= 11 is 5.12. The van der Waals surface area contributed by atoms with Crippen molar-refractivity contribution < 1.29 is 24.0 Å². The number of rotatable bonds is 8. The third-order valence-corrected chi connectivity index (χ3v) is 7.16. The minimum absolute atomic E-state index is 0.0654. The first-order valence-corrected chi connectivity index (χ1v) is 10.3. The Balaban J connectivity index is 2.61. The minimum Gasteiger partial charge on any atom is -0.391 e. The molecular formula is C13H28BO5PS. The highest BCUT2D eigenvalue weighted by atomic mass is 32.5. The molecule has 8 heteroatoms. The van der Waals surface area contributed by atoms with Gasteiger partial charge in [-0.2, -0.15) is 0 Å². The zero-order valence-electron chi connectivity index (χ0n) is 13.6. The van der Waals surface area contributed by atoms with Crippen LogP contribution in [0.3, 0.4) is 0 Å². The summed E-state index contributed by atoms with van der Waals surface area (Å²) in [5, 5.41) is 9.96. The molecule has 21 heavy (non-hydrogen) atoms. The largest absolute Gasteiger partial charge is 0.391 e. The van der Waals surface area contributed by atoms with Gasteiger partial charge in [0.1, 0.15) is 7.85 Å². The monoisotopic (exact) mass is 338 g/mol. The van der Waals surface area contributed by atoms with Gasteiger partial charge in [-0.1, -0.05) is 13.8 Å². The highest BCUT2D eigenvalue weighted by molar-refractivity contribution is 8.09. The van der Waals surface area contributed by atoms with E-state index in [-0.39, 0.29) is 17.8 Å². The number of hydrogen-bond acceptors (Lipinski definition) is 5. The summed E-state index contributed by atoms with van der Waals surface area (Å²) in [6.45, 7) is 5.62. The molecule has 2 N–H and O–H groups in total. The van der Waals surface area contributed by atoms with Gasteiger partial charge in [0.2, 0.25) is 0 Å². The molecular weight excluding hydrogens is 310 g/mol. The van der Waals surface area contributed by atoms with Gasteiger partial charge in [-0.25, -0.2) is 0 Å². The molecule has 4 atom stereocenters. The van der Waals surface area contributed by atoms with Gasteiger partial charge in [-0.05, 0) is 25.7 Å². The van der Waals surface area contributed by atoms with E-state index in [1.54, 1.807) is 0 Å². The van der Waals surface area contributed by atoms with Crippen LogP contribution in [0.1, 0.15) is 40.5 Å². The van der Waals surface area contributed by atoms with E-state index in [4.69, 9.17) is 25.8 Å². The molecule has 0 amide bonds. The molecule has 5 nitrogen and oxygen atoms in total. The molecule has 0 bridgehead atoms. The smallest absolute Gasteiger partial charge is 0.188 e. The fourth-order valence-corrected chi connectivity index (χ4v) is 3.10. The van der Waals surface area contributed by atoms with Crippen molar-refractivity contribution in [1.29, 1.82) is 0 Å². The van der Waals surface area contributed by atoms with Crippen molar-refractivity contribution in [2.75, 3.05) is 13.2 Å². The predicted molar refractivity (Wildman–Crippen MR) is 90.1 cm³/mol. The maximum Gasteiger partial charge on any atom is 0.188 e. The Bertz CT molecular complexity index is 370. The van der Waals surface area contributed by atoms with Gasteiger partial charge in [0.15, 0.2) is 6.49 Å². The molecule has 0 aromatic rings. The minimum atomic E-state index is -2.75. The Morgan fingerprint density at radius 3 is 2.48 bits per heavy atom. The highest BCUT2D eigenvalue weighted by Crippen LogP contribution is 2.48. The van der Waals surface area contributed by atoms with Gasteiger partial charge in [-0.3, -0.25) is 0 Å². The number of aliphatic hydroxyl groups excluding tert-OH is 1. The lowest BCUT2D eigenvalue weighted by Gasteiger charge is -2.30. The molecule has 1 heterocycles. The standard InChI is InChI=1S/C13H28BO5PS/c1-9(2)17-8-13(7-11(15)12(14)19-13)5-6-18-20(16,21)10(3)4/h9-12,15H,5-8,14H2,1-4H3,(H,16,21)/t11-,12-,13+,20?/m1/s1. The predicted octanol–water partition coefficient (Wildman–Crippen LogP) is 1.01. The van der Waals surface area contributed by atoms with Gasteiger partial charge in [-0.15, -0.1) is 0 Å². The van der Waals surface area contributed by atoms with Crippen LogP contribution >= 0.6 is 6.49 Å². The molecule has 0 aromatic carbocycles.